The average molecular weight is 363 g/mol. The van der Waals surface area contributed by atoms with Crippen LogP contribution in [0.3, 0.4) is 0 Å². The monoisotopic (exact) mass is 363 g/mol. The van der Waals surface area contributed by atoms with Crippen LogP contribution in [0.1, 0.15) is 28.8 Å². The van der Waals surface area contributed by atoms with E-state index >= 15 is 0 Å². The maximum Gasteiger partial charge on any atom is 0.326 e. The largest absolute Gasteiger partial charge is 0.493 e. The Morgan fingerprint density at radius 3 is 2.73 bits per heavy atom. The van der Waals surface area contributed by atoms with Gasteiger partial charge in [-0.25, -0.2) is 4.79 Å². The number of aliphatic carboxylic acids is 1. The second-order valence-corrected chi connectivity index (χ2v) is 6.13. The molecule has 1 amide bonds. The summed E-state index contributed by atoms with van der Waals surface area (Å²) in [5, 5.41) is 12.1. The lowest BCUT2D eigenvalue weighted by Gasteiger charge is -2.28. The molecule has 1 aliphatic heterocycles. The predicted octanol–water partition coefficient (Wildman–Crippen LogP) is 2.04. The van der Waals surface area contributed by atoms with E-state index in [0.29, 0.717) is 43.1 Å². The highest BCUT2D eigenvalue weighted by Crippen LogP contribution is 2.33. The van der Waals surface area contributed by atoms with Crippen molar-refractivity contribution in [3.05, 3.63) is 35.9 Å². The van der Waals surface area contributed by atoms with Crippen molar-refractivity contribution in [2.75, 3.05) is 27.4 Å². The first-order chi connectivity index (χ1) is 12.5. The lowest BCUT2D eigenvalue weighted by Crippen LogP contribution is -2.48. The Balaban J connectivity index is 2.27. The zero-order chi connectivity index (χ0) is 19.1. The highest BCUT2D eigenvalue weighted by atomic mass is 16.5. The molecule has 0 aromatic heterocycles. The van der Waals surface area contributed by atoms with Crippen molar-refractivity contribution < 1.29 is 28.9 Å². The van der Waals surface area contributed by atoms with Gasteiger partial charge in [-0.15, -0.1) is 6.58 Å². The van der Waals surface area contributed by atoms with E-state index in [4.69, 9.17) is 14.2 Å². The highest BCUT2D eigenvalue weighted by molar-refractivity contribution is 5.97. The van der Waals surface area contributed by atoms with Gasteiger partial charge in [-0.3, -0.25) is 4.79 Å². The maximum atomic E-state index is 12.7. The minimum Gasteiger partial charge on any atom is -0.493 e. The fourth-order valence-corrected chi connectivity index (χ4v) is 3.12. The summed E-state index contributed by atoms with van der Waals surface area (Å²) in [5.74, 6) is -0.864. The van der Waals surface area contributed by atoms with E-state index in [9.17, 15) is 14.7 Å². The van der Waals surface area contributed by atoms with Gasteiger partial charge < -0.3 is 24.6 Å². The Kier molecular flexibility index (Phi) is 7.03. The van der Waals surface area contributed by atoms with E-state index in [-0.39, 0.29) is 5.92 Å². The molecule has 1 aliphatic rings. The van der Waals surface area contributed by atoms with Crippen LogP contribution in [-0.4, -0.2) is 50.5 Å². The van der Waals surface area contributed by atoms with E-state index in [1.807, 2.05) is 0 Å². The first-order valence-corrected chi connectivity index (χ1v) is 8.49. The van der Waals surface area contributed by atoms with Crippen LogP contribution in [0.4, 0.5) is 0 Å². The van der Waals surface area contributed by atoms with E-state index in [2.05, 4.69) is 11.9 Å². The molecular weight excluding hydrogens is 338 g/mol. The Hall–Kier alpha value is -2.54. The quantitative estimate of drug-likeness (QED) is 0.687. The maximum absolute atomic E-state index is 12.7. The Labute approximate surface area is 152 Å². The van der Waals surface area contributed by atoms with Gasteiger partial charge in [0, 0.05) is 23.7 Å². The molecule has 2 atom stereocenters. The second-order valence-electron chi connectivity index (χ2n) is 6.13. The number of allylic oxidation sites excluding steroid dienone is 1. The molecule has 7 heteroatoms. The third-order valence-electron chi connectivity index (χ3n) is 4.40. The number of carbonyl (C=O) groups is 2. The Morgan fingerprint density at radius 1 is 1.42 bits per heavy atom. The zero-order valence-electron chi connectivity index (χ0n) is 15.1. The molecule has 0 bridgehead atoms. The number of carboxylic acids is 1. The van der Waals surface area contributed by atoms with Gasteiger partial charge in [0.1, 0.15) is 6.04 Å². The van der Waals surface area contributed by atoms with Gasteiger partial charge in [-0.1, -0.05) is 6.08 Å². The molecule has 7 nitrogen and oxygen atoms in total. The van der Waals surface area contributed by atoms with Gasteiger partial charge in [0.25, 0.3) is 5.91 Å². The van der Waals surface area contributed by atoms with Gasteiger partial charge in [-0.2, -0.15) is 0 Å². The molecule has 0 radical (unpaired) electrons. The summed E-state index contributed by atoms with van der Waals surface area (Å²) in [5.41, 5.74) is 1.04. The number of methoxy groups -OCH3 is 2. The van der Waals surface area contributed by atoms with E-state index in [0.717, 1.165) is 12.0 Å². The van der Waals surface area contributed by atoms with Gasteiger partial charge in [0.15, 0.2) is 11.5 Å². The van der Waals surface area contributed by atoms with Crippen molar-refractivity contribution in [2.24, 2.45) is 5.92 Å². The lowest BCUT2D eigenvalue weighted by molar-refractivity contribution is -0.142. The molecule has 26 heavy (non-hydrogen) atoms. The first-order valence-electron chi connectivity index (χ1n) is 8.49. The molecule has 0 saturated carbocycles. The van der Waals surface area contributed by atoms with Crippen molar-refractivity contribution >= 4 is 11.9 Å². The number of amides is 1. The fourth-order valence-electron chi connectivity index (χ4n) is 3.12. The van der Waals surface area contributed by atoms with Crippen LogP contribution in [0.2, 0.25) is 0 Å². The average Bonchev–Trinajstić information content (AvgIpc) is 2.65. The molecule has 1 aromatic rings. The van der Waals surface area contributed by atoms with Gasteiger partial charge in [0.2, 0.25) is 0 Å². The van der Waals surface area contributed by atoms with Crippen LogP contribution in [0, 0.1) is 5.92 Å². The summed E-state index contributed by atoms with van der Waals surface area (Å²) in [6.07, 6.45) is 3.66. The SMILES string of the molecule is C=CCc1cc(C(=O)NC(C(=O)O)C2CCCOC2)cc(OC)c1OC. The summed E-state index contributed by atoms with van der Waals surface area (Å²) in [4.78, 5) is 24.3. The summed E-state index contributed by atoms with van der Waals surface area (Å²) >= 11 is 0. The number of hydrogen-bond acceptors (Lipinski definition) is 5. The van der Waals surface area contributed by atoms with Crippen molar-refractivity contribution in [3.63, 3.8) is 0 Å². The minimum absolute atomic E-state index is 0.252. The molecule has 0 spiro atoms. The number of hydrogen-bond donors (Lipinski definition) is 2. The number of benzene rings is 1. The van der Waals surface area contributed by atoms with Crippen LogP contribution in [0.5, 0.6) is 11.5 Å². The number of rotatable bonds is 8. The van der Waals surface area contributed by atoms with Crippen molar-refractivity contribution in [2.45, 2.75) is 25.3 Å². The summed E-state index contributed by atoms with van der Waals surface area (Å²) < 4.78 is 16.0. The third kappa shape index (κ3) is 4.54. The lowest BCUT2D eigenvalue weighted by atomic mass is 9.93. The molecule has 2 N–H and O–H groups in total. The number of ether oxygens (including phenoxy) is 3. The van der Waals surface area contributed by atoms with Crippen LogP contribution in [-0.2, 0) is 16.0 Å². The zero-order valence-corrected chi connectivity index (χ0v) is 15.1. The van der Waals surface area contributed by atoms with Crippen molar-refractivity contribution in [1.82, 2.24) is 5.32 Å². The molecule has 1 fully saturated rings. The van der Waals surface area contributed by atoms with Gasteiger partial charge in [-0.05, 0) is 31.4 Å². The molecular formula is C19H25NO6. The number of nitrogens with one attached hydrogen (secondary N) is 1. The van der Waals surface area contributed by atoms with Crippen LogP contribution < -0.4 is 14.8 Å². The van der Waals surface area contributed by atoms with E-state index < -0.39 is 17.9 Å². The number of carboxylic acid groups (broad SMARTS) is 1. The molecule has 1 saturated heterocycles. The van der Waals surface area contributed by atoms with Crippen molar-refractivity contribution in [1.29, 1.82) is 0 Å². The van der Waals surface area contributed by atoms with E-state index in [1.54, 1.807) is 12.1 Å². The van der Waals surface area contributed by atoms with Crippen molar-refractivity contribution in [3.8, 4) is 11.5 Å². The van der Waals surface area contributed by atoms with Crippen LogP contribution in [0.15, 0.2) is 24.8 Å². The van der Waals surface area contributed by atoms with E-state index in [1.165, 1.54) is 20.3 Å². The molecule has 2 rings (SSSR count). The first kappa shape index (κ1) is 19.8. The number of carbonyl (C=O) groups excluding carboxylic acids is 1. The smallest absolute Gasteiger partial charge is 0.326 e. The predicted molar refractivity (Wildman–Crippen MR) is 95.9 cm³/mol. The third-order valence-corrected chi connectivity index (χ3v) is 4.40. The normalized spacial score (nSPS) is 17.8. The summed E-state index contributed by atoms with van der Waals surface area (Å²) in [7, 11) is 3.00. The van der Waals surface area contributed by atoms with Crippen LogP contribution in [0.25, 0.3) is 0 Å². The highest BCUT2D eigenvalue weighted by Gasteiger charge is 2.32. The second kappa shape index (κ2) is 9.24. The van der Waals surface area contributed by atoms with Gasteiger partial charge >= 0.3 is 5.97 Å². The topological polar surface area (TPSA) is 94.1 Å². The molecule has 1 aromatic carbocycles. The summed E-state index contributed by atoms with van der Waals surface area (Å²) in [6.45, 7) is 4.65. The molecule has 0 aliphatic carbocycles. The molecule has 2 unspecified atom stereocenters. The minimum atomic E-state index is -1.07. The Morgan fingerprint density at radius 2 is 2.19 bits per heavy atom. The standard InChI is InChI=1S/C19H25NO6/c1-4-6-12-9-14(10-15(24-2)17(12)25-3)18(21)20-16(19(22)23)13-7-5-8-26-11-13/h4,9-10,13,16H,1,5-8,11H2,2-3H3,(H,20,21)(H,22,23). The Bertz CT molecular complexity index is 666. The van der Waals surface area contributed by atoms with Gasteiger partial charge in [0.05, 0.1) is 20.8 Å². The van der Waals surface area contributed by atoms with Crippen LogP contribution >= 0.6 is 0 Å². The molecule has 142 valence electrons. The summed E-state index contributed by atoms with van der Waals surface area (Å²) in [6, 6.07) is 2.20. The molecule has 1 heterocycles. The fraction of sp³-hybridized carbons (Fsp3) is 0.474.